The molecule has 0 saturated carbocycles. The summed E-state index contributed by atoms with van der Waals surface area (Å²) in [7, 11) is 0. The molecule has 4 aliphatic rings. The summed E-state index contributed by atoms with van der Waals surface area (Å²) in [6, 6.07) is 20.5. The Labute approximate surface area is 183 Å². The largest absolute Gasteiger partial charge is 0.366 e. The Morgan fingerprint density at radius 2 is 1.23 bits per heavy atom. The maximum atomic E-state index is 13.7. The van der Waals surface area contributed by atoms with Gasteiger partial charge in [-0.15, -0.1) is 0 Å². The van der Waals surface area contributed by atoms with E-state index in [2.05, 4.69) is 24.3 Å². The molecule has 31 heavy (non-hydrogen) atoms. The van der Waals surface area contributed by atoms with Gasteiger partial charge < -0.3 is 5.73 Å². The van der Waals surface area contributed by atoms with E-state index < -0.39 is 17.7 Å². The fraction of sp³-hybridized carbons (Fsp3) is 0.160. The molecule has 1 aliphatic heterocycles. The van der Waals surface area contributed by atoms with Gasteiger partial charge in [0, 0.05) is 17.4 Å². The number of imide groups is 1. The molecule has 2 bridgehead atoms. The lowest BCUT2D eigenvalue weighted by Gasteiger charge is -2.45. The molecule has 1 heterocycles. The maximum absolute atomic E-state index is 13.7. The number of hydrogen-bond donors (Lipinski definition) is 1. The number of rotatable bonds is 2. The van der Waals surface area contributed by atoms with Gasteiger partial charge in [0.2, 0.25) is 17.7 Å². The Kier molecular flexibility index (Phi) is 3.72. The molecule has 3 aromatic rings. The predicted octanol–water partition coefficient (Wildman–Crippen LogP) is 3.84. The minimum absolute atomic E-state index is 0.193. The molecule has 0 aromatic heterocycles. The molecule has 0 spiro atoms. The summed E-state index contributed by atoms with van der Waals surface area (Å²) in [5, 5.41) is 0.229. The van der Waals surface area contributed by atoms with Crippen molar-refractivity contribution >= 4 is 35.0 Å². The van der Waals surface area contributed by atoms with Gasteiger partial charge in [0.1, 0.15) is 0 Å². The monoisotopic (exact) mass is 428 g/mol. The van der Waals surface area contributed by atoms with Crippen LogP contribution in [0.4, 0.5) is 5.69 Å². The molecule has 5 nitrogen and oxygen atoms in total. The van der Waals surface area contributed by atoms with Gasteiger partial charge in [-0.05, 0) is 40.5 Å². The second kappa shape index (κ2) is 6.28. The Morgan fingerprint density at radius 3 is 1.65 bits per heavy atom. The van der Waals surface area contributed by atoms with Crippen molar-refractivity contribution in [3.8, 4) is 0 Å². The van der Waals surface area contributed by atoms with Crippen LogP contribution in [-0.4, -0.2) is 17.7 Å². The minimum atomic E-state index is -0.644. The number of benzene rings is 3. The van der Waals surface area contributed by atoms with Crippen molar-refractivity contribution in [2.24, 2.45) is 17.6 Å². The number of carbonyl (C=O) groups excluding carboxylic acids is 3. The lowest BCUT2D eigenvalue weighted by atomic mass is 9.55. The van der Waals surface area contributed by atoms with Crippen molar-refractivity contribution in [2.45, 2.75) is 11.8 Å². The van der Waals surface area contributed by atoms with Crippen LogP contribution in [0.2, 0.25) is 5.02 Å². The number of hydrogen-bond acceptors (Lipinski definition) is 3. The van der Waals surface area contributed by atoms with Crippen LogP contribution in [0.15, 0.2) is 66.7 Å². The summed E-state index contributed by atoms with van der Waals surface area (Å²) in [5.41, 5.74) is 10.2. The number of primary amides is 1. The van der Waals surface area contributed by atoms with Crippen LogP contribution in [0.25, 0.3) is 0 Å². The fourth-order valence-corrected chi connectivity index (χ4v) is 5.95. The van der Waals surface area contributed by atoms with E-state index in [4.69, 9.17) is 17.3 Å². The van der Waals surface area contributed by atoms with Crippen LogP contribution in [0.5, 0.6) is 0 Å². The summed E-state index contributed by atoms with van der Waals surface area (Å²) in [6.45, 7) is 0. The average molecular weight is 429 g/mol. The standard InChI is InChI=1S/C25H17ClN2O3/c26-17-10-9-12(23(27)29)11-18(17)28-24(30)21-19-13-5-1-2-6-14(13)20(22(21)25(28)31)16-8-4-3-7-15(16)19/h1-11,19-22H,(H2,27,29)/t19?,20?,21-,22-/m0/s1. The Balaban J connectivity index is 1.56. The maximum Gasteiger partial charge on any atom is 0.248 e. The zero-order valence-corrected chi connectivity index (χ0v) is 17.0. The van der Waals surface area contributed by atoms with Crippen LogP contribution in [0, 0.1) is 11.8 Å². The van der Waals surface area contributed by atoms with Gasteiger partial charge in [0.05, 0.1) is 22.5 Å². The lowest BCUT2D eigenvalue weighted by molar-refractivity contribution is -0.122. The van der Waals surface area contributed by atoms with E-state index >= 15 is 0 Å². The van der Waals surface area contributed by atoms with Crippen LogP contribution >= 0.6 is 11.6 Å². The molecule has 0 unspecified atom stereocenters. The quantitative estimate of drug-likeness (QED) is 0.630. The second-order valence-electron chi connectivity index (χ2n) is 8.31. The molecule has 152 valence electrons. The minimum Gasteiger partial charge on any atom is -0.366 e. The topological polar surface area (TPSA) is 80.5 Å². The first-order chi connectivity index (χ1) is 15.0. The summed E-state index contributed by atoms with van der Waals surface area (Å²) in [6.07, 6.45) is 0. The number of carbonyl (C=O) groups is 3. The van der Waals surface area contributed by atoms with Crippen molar-refractivity contribution in [3.63, 3.8) is 0 Å². The Bertz CT molecular complexity index is 1200. The zero-order valence-electron chi connectivity index (χ0n) is 16.3. The number of amides is 3. The molecular formula is C25H17ClN2O3. The normalized spacial score (nSPS) is 25.3. The number of nitrogens with two attached hydrogens (primary N) is 1. The first-order valence-corrected chi connectivity index (χ1v) is 10.5. The predicted molar refractivity (Wildman–Crippen MR) is 116 cm³/mol. The van der Waals surface area contributed by atoms with Gasteiger partial charge in [-0.25, -0.2) is 4.90 Å². The number of halogens is 1. The first kappa shape index (κ1) is 18.3. The summed E-state index contributed by atoms with van der Waals surface area (Å²) in [4.78, 5) is 40.3. The van der Waals surface area contributed by atoms with Gasteiger partial charge in [-0.1, -0.05) is 60.1 Å². The summed E-state index contributed by atoms with van der Waals surface area (Å²) >= 11 is 6.38. The highest BCUT2D eigenvalue weighted by atomic mass is 35.5. The van der Waals surface area contributed by atoms with Crippen LogP contribution in [-0.2, 0) is 9.59 Å². The van der Waals surface area contributed by atoms with Crippen molar-refractivity contribution in [1.29, 1.82) is 0 Å². The highest BCUT2D eigenvalue weighted by Crippen LogP contribution is 2.61. The molecular weight excluding hydrogens is 412 g/mol. The fourth-order valence-electron chi connectivity index (χ4n) is 5.75. The average Bonchev–Trinajstić information content (AvgIpc) is 3.05. The van der Waals surface area contributed by atoms with E-state index in [-0.39, 0.29) is 39.9 Å². The molecule has 7 rings (SSSR count). The molecule has 2 atom stereocenters. The molecule has 3 aromatic carbocycles. The number of nitrogens with zero attached hydrogens (tertiary/aromatic N) is 1. The molecule has 1 fully saturated rings. The lowest BCUT2D eigenvalue weighted by Crippen LogP contribution is -2.41. The van der Waals surface area contributed by atoms with Crippen molar-refractivity contribution in [3.05, 3.63) is 99.6 Å². The van der Waals surface area contributed by atoms with Gasteiger partial charge in [0.25, 0.3) is 0 Å². The molecule has 1 saturated heterocycles. The third-order valence-electron chi connectivity index (χ3n) is 6.92. The SMILES string of the molecule is NC(=O)c1ccc(Cl)c(N2C(=O)[C@H]3C4c5ccccc5C(c5ccccc54)[C@@H]3C2=O)c1. The van der Waals surface area contributed by atoms with E-state index in [0.717, 1.165) is 22.3 Å². The van der Waals surface area contributed by atoms with Crippen LogP contribution in [0.3, 0.4) is 0 Å². The van der Waals surface area contributed by atoms with E-state index in [9.17, 15) is 14.4 Å². The van der Waals surface area contributed by atoms with Gasteiger partial charge in [-0.3, -0.25) is 14.4 Å². The highest BCUT2D eigenvalue weighted by Gasteiger charge is 2.61. The molecule has 2 N–H and O–H groups in total. The summed E-state index contributed by atoms with van der Waals surface area (Å²) in [5.74, 6) is -2.60. The summed E-state index contributed by atoms with van der Waals surface area (Å²) < 4.78 is 0. The van der Waals surface area contributed by atoms with Crippen molar-refractivity contribution in [1.82, 2.24) is 0 Å². The molecule has 0 radical (unpaired) electrons. The van der Waals surface area contributed by atoms with Gasteiger partial charge in [-0.2, -0.15) is 0 Å². The van der Waals surface area contributed by atoms with E-state index in [1.807, 2.05) is 24.3 Å². The first-order valence-electron chi connectivity index (χ1n) is 10.1. The van der Waals surface area contributed by atoms with E-state index in [0.29, 0.717) is 0 Å². The smallest absolute Gasteiger partial charge is 0.248 e. The Morgan fingerprint density at radius 1 is 0.774 bits per heavy atom. The van der Waals surface area contributed by atoms with Gasteiger partial charge >= 0.3 is 0 Å². The van der Waals surface area contributed by atoms with Crippen LogP contribution in [0.1, 0.15) is 44.4 Å². The third kappa shape index (κ3) is 2.29. The van der Waals surface area contributed by atoms with Crippen molar-refractivity contribution in [2.75, 3.05) is 4.90 Å². The second-order valence-corrected chi connectivity index (χ2v) is 8.71. The van der Waals surface area contributed by atoms with E-state index in [1.165, 1.54) is 23.1 Å². The molecule has 3 amide bonds. The van der Waals surface area contributed by atoms with Gasteiger partial charge in [0.15, 0.2) is 0 Å². The molecule has 3 aliphatic carbocycles. The van der Waals surface area contributed by atoms with Crippen molar-refractivity contribution < 1.29 is 14.4 Å². The Hall–Kier alpha value is -3.44. The highest BCUT2D eigenvalue weighted by molar-refractivity contribution is 6.36. The third-order valence-corrected chi connectivity index (χ3v) is 7.24. The van der Waals surface area contributed by atoms with Crippen LogP contribution < -0.4 is 10.6 Å². The molecule has 6 heteroatoms. The van der Waals surface area contributed by atoms with E-state index in [1.54, 1.807) is 0 Å². The number of anilines is 1. The zero-order chi connectivity index (χ0) is 21.4.